The van der Waals surface area contributed by atoms with E-state index in [-0.39, 0.29) is 5.54 Å². The molecular weight excluding hydrogens is 240 g/mol. The molecule has 1 aliphatic rings. The molecule has 0 aromatic carbocycles. The number of thiophene rings is 1. The number of hydrogen-bond donors (Lipinski definition) is 1. The predicted octanol–water partition coefficient (Wildman–Crippen LogP) is 3.48. The minimum absolute atomic E-state index is 0.231. The second-order valence-corrected chi connectivity index (χ2v) is 6.43. The molecule has 0 spiro atoms. The summed E-state index contributed by atoms with van der Waals surface area (Å²) in [7, 11) is 2.26. The van der Waals surface area contributed by atoms with Crippen molar-refractivity contribution in [2.75, 3.05) is 13.6 Å². The normalized spacial score (nSPS) is 28.8. The summed E-state index contributed by atoms with van der Waals surface area (Å²) >= 11 is 1.78. The van der Waals surface area contributed by atoms with E-state index in [2.05, 4.69) is 35.7 Å². The van der Waals surface area contributed by atoms with E-state index in [4.69, 9.17) is 5.73 Å². The zero-order chi connectivity index (χ0) is 13.0. The second-order valence-electron chi connectivity index (χ2n) is 5.65. The lowest BCUT2D eigenvalue weighted by atomic mass is 9.70. The molecule has 102 valence electrons. The van der Waals surface area contributed by atoms with Gasteiger partial charge in [0.1, 0.15) is 0 Å². The highest BCUT2D eigenvalue weighted by molar-refractivity contribution is 7.07. The monoisotopic (exact) mass is 266 g/mol. The molecule has 18 heavy (non-hydrogen) atoms. The van der Waals surface area contributed by atoms with Gasteiger partial charge in [-0.15, -0.1) is 0 Å². The largest absolute Gasteiger partial charge is 0.329 e. The van der Waals surface area contributed by atoms with Crippen LogP contribution in [0.5, 0.6) is 0 Å². The standard InChI is InChI=1S/C15H26N2S/c1-3-14-6-4-5-8-15(14,12-16)17(2)10-13-7-9-18-11-13/h7,9,11,14H,3-6,8,10,12,16H2,1-2H3. The fourth-order valence-electron chi connectivity index (χ4n) is 3.62. The van der Waals surface area contributed by atoms with Crippen LogP contribution in [0, 0.1) is 5.92 Å². The highest BCUT2D eigenvalue weighted by Crippen LogP contribution is 2.39. The first-order valence-corrected chi connectivity index (χ1v) is 8.09. The van der Waals surface area contributed by atoms with E-state index in [1.54, 1.807) is 11.3 Å². The molecule has 0 saturated heterocycles. The summed E-state index contributed by atoms with van der Waals surface area (Å²) in [5.74, 6) is 0.764. The fourth-order valence-corrected chi connectivity index (χ4v) is 4.28. The number of nitrogens with two attached hydrogens (primary N) is 1. The van der Waals surface area contributed by atoms with Gasteiger partial charge in [0.2, 0.25) is 0 Å². The third-order valence-corrected chi connectivity index (χ3v) is 5.51. The first kappa shape index (κ1) is 14.0. The van der Waals surface area contributed by atoms with Gasteiger partial charge >= 0.3 is 0 Å². The molecule has 0 bridgehead atoms. The highest BCUT2D eigenvalue weighted by Gasteiger charge is 2.41. The zero-order valence-electron chi connectivity index (χ0n) is 11.7. The highest BCUT2D eigenvalue weighted by atomic mass is 32.1. The summed E-state index contributed by atoms with van der Waals surface area (Å²) in [6.45, 7) is 4.15. The molecule has 1 heterocycles. The van der Waals surface area contributed by atoms with Crippen molar-refractivity contribution in [3.8, 4) is 0 Å². The van der Waals surface area contributed by atoms with Crippen molar-refractivity contribution in [1.82, 2.24) is 4.90 Å². The molecule has 1 aliphatic carbocycles. The van der Waals surface area contributed by atoms with Crippen LogP contribution in [0.15, 0.2) is 16.8 Å². The fraction of sp³-hybridized carbons (Fsp3) is 0.733. The van der Waals surface area contributed by atoms with E-state index in [1.165, 1.54) is 37.7 Å². The van der Waals surface area contributed by atoms with Crippen molar-refractivity contribution in [3.63, 3.8) is 0 Å². The van der Waals surface area contributed by atoms with Crippen LogP contribution in [-0.2, 0) is 6.54 Å². The van der Waals surface area contributed by atoms with E-state index in [1.807, 2.05) is 0 Å². The lowest BCUT2D eigenvalue weighted by Crippen LogP contribution is -2.58. The average Bonchev–Trinajstić information content (AvgIpc) is 2.91. The second kappa shape index (κ2) is 6.18. The van der Waals surface area contributed by atoms with E-state index >= 15 is 0 Å². The molecule has 2 atom stereocenters. The molecule has 0 amide bonds. The molecular formula is C15H26N2S. The van der Waals surface area contributed by atoms with Crippen LogP contribution in [0.4, 0.5) is 0 Å². The molecule has 1 aromatic rings. The zero-order valence-corrected chi connectivity index (χ0v) is 12.5. The van der Waals surface area contributed by atoms with E-state index < -0.39 is 0 Å². The van der Waals surface area contributed by atoms with Gasteiger partial charge < -0.3 is 5.73 Å². The molecule has 2 unspecified atom stereocenters. The summed E-state index contributed by atoms with van der Waals surface area (Å²) in [6.07, 6.45) is 6.59. The van der Waals surface area contributed by atoms with Gasteiger partial charge in [-0.2, -0.15) is 11.3 Å². The Morgan fingerprint density at radius 2 is 2.33 bits per heavy atom. The van der Waals surface area contributed by atoms with Crippen LogP contribution in [0.2, 0.25) is 0 Å². The number of hydrogen-bond acceptors (Lipinski definition) is 3. The SMILES string of the molecule is CCC1CCCCC1(CN)N(C)Cc1ccsc1. The minimum Gasteiger partial charge on any atom is -0.329 e. The summed E-state index contributed by atoms with van der Waals surface area (Å²) in [4.78, 5) is 2.53. The third-order valence-electron chi connectivity index (χ3n) is 4.78. The van der Waals surface area contributed by atoms with Gasteiger partial charge in [-0.1, -0.05) is 26.2 Å². The Hall–Kier alpha value is -0.380. The lowest BCUT2D eigenvalue weighted by molar-refractivity contribution is 0.0178. The Bertz CT molecular complexity index is 349. The Morgan fingerprint density at radius 1 is 1.50 bits per heavy atom. The van der Waals surface area contributed by atoms with Crippen LogP contribution in [-0.4, -0.2) is 24.0 Å². The van der Waals surface area contributed by atoms with Crippen molar-refractivity contribution in [3.05, 3.63) is 22.4 Å². The quantitative estimate of drug-likeness (QED) is 0.884. The molecule has 2 N–H and O–H groups in total. The number of nitrogens with zero attached hydrogens (tertiary/aromatic N) is 1. The Morgan fingerprint density at radius 3 is 2.94 bits per heavy atom. The van der Waals surface area contributed by atoms with Gasteiger partial charge in [-0.05, 0) is 48.2 Å². The van der Waals surface area contributed by atoms with Gasteiger partial charge in [0.15, 0.2) is 0 Å². The predicted molar refractivity (Wildman–Crippen MR) is 79.8 cm³/mol. The van der Waals surface area contributed by atoms with Crippen LogP contribution >= 0.6 is 11.3 Å². The summed E-state index contributed by atoms with van der Waals surface area (Å²) < 4.78 is 0. The molecule has 1 fully saturated rings. The maximum atomic E-state index is 6.20. The minimum atomic E-state index is 0.231. The summed E-state index contributed by atoms with van der Waals surface area (Å²) in [6, 6.07) is 2.23. The molecule has 0 aliphatic heterocycles. The summed E-state index contributed by atoms with van der Waals surface area (Å²) in [5.41, 5.74) is 7.85. The van der Waals surface area contributed by atoms with Crippen molar-refractivity contribution in [2.45, 2.75) is 51.1 Å². The van der Waals surface area contributed by atoms with Crippen LogP contribution in [0.25, 0.3) is 0 Å². The third kappa shape index (κ3) is 2.63. The van der Waals surface area contributed by atoms with E-state index in [0.29, 0.717) is 0 Å². The van der Waals surface area contributed by atoms with Crippen molar-refractivity contribution in [1.29, 1.82) is 0 Å². The molecule has 2 nitrogen and oxygen atoms in total. The van der Waals surface area contributed by atoms with E-state index in [9.17, 15) is 0 Å². The molecule has 2 rings (SSSR count). The Balaban J connectivity index is 2.13. The first-order chi connectivity index (χ1) is 8.73. The van der Waals surface area contributed by atoms with Gasteiger partial charge in [0.25, 0.3) is 0 Å². The van der Waals surface area contributed by atoms with Crippen LogP contribution in [0.3, 0.4) is 0 Å². The van der Waals surface area contributed by atoms with E-state index in [0.717, 1.165) is 19.0 Å². The molecule has 1 saturated carbocycles. The molecule has 1 aromatic heterocycles. The Labute approximate surface area is 115 Å². The first-order valence-electron chi connectivity index (χ1n) is 7.15. The molecule has 3 heteroatoms. The van der Waals surface area contributed by atoms with Crippen molar-refractivity contribution in [2.24, 2.45) is 11.7 Å². The van der Waals surface area contributed by atoms with Gasteiger partial charge in [-0.25, -0.2) is 0 Å². The average molecular weight is 266 g/mol. The Kier molecular flexibility index (Phi) is 4.82. The van der Waals surface area contributed by atoms with Crippen LogP contribution in [0.1, 0.15) is 44.6 Å². The summed E-state index contributed by atoms with van der Waals surface area (Å²) in [5, 5.41) is 4.42. The lowest BCUT2D eigenvalue weighted by Gasteiger charge is -2.49. The van der Waals surface area contributed by atoms with Crippen LogP contribution < -0.4 is 5.73 Å². The smallest absolute Gasteiger partial charge is 0.0360 e. The number of likely N-dealkylation sites (N-methyl/N-ethyl adjacent to an activating group) is 1. The van der Waals surface area contributed by atoms with Crippen molar-refractivity contribution < 1.29 is 0 Å². The molecule has 0 radical (unpaired) electrons. The topological polar surface area (TPSA) is 29.3 Å². The number of rotatable bonds is 5. The maximum Gasteiger partial charge on any atom is 0.0360 e. The maximum absolute atomic E-state index is 6.20. The van der Waals surface area contributed by atoms with Gasteiger partial charge in [-0.3, -0.25) is 4.90 Å². The van der Waals surface area contributed by atoms with Gasteiger partial charge in [0.05, 0.1) is 0 Å². The van der Waals surface area contributed by atoms with Crippen molar-refractivity contribution >= 4 is 11.3 Å². The van der Waals surface area contributed by atoms with Gasteiger partial charge in [0, 0.05) is 18.6 Å².